The maximum atomic E-state index is 11.8. The Morgan fingerprint density at radius 2 is 1.83 bits per heavy atom. The minimum Gasteiger partial charge on any atom is -0.453 e. The summed E-state index contributed by atoms with van der Waals surface area (Å²) in [4.78, 5) is 24.1. The van der Waals surface area contributed by atoms with Gasteiger partial charge in [-0.05, 0) is 22.9 Å². The summed E-state index contributed by atoms with van der Waals surface area (Å²) in [6.07, 6.45) is -0.734. The lowest BCUT2D eigenvalue weighted by molar-refractivity contribution is -0.676. The van der Waals surface area contributed by atoms with Gasteiger partial charge >= 0.3 is 6.09 Å². The number of hydrogen-bond acceptors (Lipinski definition) is 4. The Balaban J connectivity index is 2.11. The Morgan fingerprint density at radius 3 is 2.38 bits per heavy atom. The Bertz CT molecular complexity index is 666. The molecule has 24 heavy (non-hydrogen) atoms. The lowest BCUT2D eigenvalue weighted by Crippen LogP contribution is -2.87. The van der Waals surface area contributed by atoms with Gasteiger partial charge in [0.25, 0.3) is 5.91 Å². The molecular weight excluding hydrogens is 324 g/mol. The number of thiophene rings is 1. The van der Waals surface area contributed by atoms with E-state index in [4.69, 9.17) is 0 Å². The molecule has 0 radical (unpaired) electrons. The monoisotopic (exact) mass is 347 g/mol. The van der Waals surface area contributed by atoms with Gasteiger partial charge in [-0.15, -0.1) is 11.3 Å². The molecule has 2 amide bonds. The minimum absolute atomic E-state index is 0.0228. The molecule has 3 N–H and O–H groups in total. The highest BCUT2D eigenvalue weighted by Crippen LogP contribution is 2.24. The van der Waals surface area contributed by atoms with Crippen LogP contribution in [0.15, 0.2) is 41.8 Å². The van der Waals surface area contributed by atoms with E-state index in [0.717, 1.165) is 10.4 Å². The van der Waals surface area contributed by atoms with Crippen molar-refractivity contribution in [2.75, 3.05) is 13.7 Å². The van der Waals surface area contributed by atoms with Gasteiger partial charge in [0.05, 0.1) is 12.0 Å². The molecule has 1 heterocycles. The van der Waals surface area contributed by atoms with Crippen LogP contribution in [0.25, 0.3) is 0 Å². The first-order chi connectivity index (χ1) is 11.5. The normalized spacial score (nSPS) is 12.0. The second kappa shape index (κ2) is 8.61. The molecule has 1 atom stereocenters. The van der Waals surface area contributed by atoms with Crippen LogP contribution in [0.5, 0.6) is 0 Å². The third-order valence-electron chi connectivity index (χ3n) is 3.78. The van der Waals surface area contributed by atoms with E-state index in [9.17, 15) is 9.59 Å². The molecule has 0 aliphatic heterocycles. The van der Waals surface area contributed by atoms with E-state index >= 15 is 0 Å². The molecule has 0 aliphatic carbocycles. The van der Waals surface area contributed by atoms with E-state index in [1.54, 1.807) is 11.3 Å². The lowest BCUT2D eigenvalue weighted by atomic mass is 9.98. The molecule has 6 heteroatoms. The summed E-state index contributed by atoms with van der Waals surface area (Å²) in [5, 5.41) is 6.12. The smallest absolute Gasteiger partial charge is 0.413 e. The Hall–Kier alpha value is -2.18. The van der Waals surface area contributed by atoms with Crippen molar-refractivity contribution in [3.8, 4) is 0 Å². The fourth-order valence-corrected chi connectivity index (χ4v) is 3.26. The first-order valence-electron chi connectivity index (χ1n) is 7.85. The number of rotatable bonds is 6. The average Bonchev–Trinajstić information content (AvgIpc) is 3.09. The van der Waals surface area contributed by atoms with Crippen LogP contribution in [0, 0.1) is 0 Å². The summed E-state index contributed by atoms with van der Waals surface area (Å²) in [5.41, 5.74) is 2.42. The molecule has 0 saturated carbocycles. The van der Waals surface area contributed by atoms with E-state index in [1.807, 2.05) is 16.8 Å². The molecule has 128 valence electrons. The van der Waals surface area contributed by atoms with Crippen LogP contribution >= 0.6 is 11.3 Å². The van der Waals surface area contributed by atoms with Crippen LogP contribution < -0.4 is 10.6 Å². The Kier molecular flexibility index (Phi) is 6.52. The number of carbonyl (C=O) groups excluding carboxylic acids is 2. The van der Waals surface area contributed by atoms with E-state index in [2.05, 4.69) is 54.2 Å². The average molecular weight is 347 g/mol. The predicted molar refractivity (Wildman–Crippen MR) is 94.0 cm³/mol. The van der Waals surface area contributed by atoms with Crippen molar-refractivity contribution >= 4 is 23.3 Å². The van der Waals surface area contributed by atoms with Crippen molar-refractivity contribution < 1.29 is 19.6 Å². The molecule has 5 nitrogen and oxygen atoms in total. The summed E-state index contributed by atoms with van der Waals surface area (Å²) in [6, 6.07) is 12.5. The second-order valence-corrected chi connectivity index (χ2v) is 6.77. The van der Waals surface area contributed by atoms with Gasteiger partial charge in [0, 0.05) is 5.56 Å². The Morgan fingerprint density at radius 1 is 1.17 bits per heavy atom. The van der Waals surface area contributed by atoms with Gasteiger partial charge in [0.1, 0.15) is 6.04 Å². The van der Waals surface area contributed by atoms with Gasteiger partial charge in [0.2, 0.25) is 0 Å². The maximum absolute atomic E-state index is 11.8. The number of nitrogens with one attached hydrogen (secondary N) is 1. The van der Waals surface area contributed by atoms with Gasteiger partial charge < -0.3 is 10.1 Å². The van der Waals surface area contributed by atoms with Crippen LogP contribution in [0.2, 0.25) is 0 Å². The molecule has 1 aromatic heterocycles. The van der Waals surface area contributed by atoms with Crippen molar-refractivity contribution in [2.45, 2.75) is 25.8 Å². The third kappa shape index (κ3) is 4.91. The van der Waals surface area contributed by atoms with Crippen molar-refractivity contribution in [2.24, 2.45) is 0 Å². The number of alkyl carbamates (subject to hydrolysis) is 1. The molecular formula is C18H23N2O3S+. The van der Waals surface area contributed by atoms with Crippen molar-refractivity contribution in [1.82, 2.24) is 5.32 Å². The summed E-state index contributed by atoms with van der Waals surface area (Å²) in [6.45, 7) is 4.47. The molecule has 2 aromatic rings. The van der Waals surface area contributed by atoms with Crippen molar-refractivity contribution in [1.29, 1.82) is 0 Å². The molecule has 0 saturated heterocycles. The third-order valence-corrected chi connectivity index (χ3v) is 4.73. The highest BCUT2D eigenvalue weighted by atomic mass is 32.1. The number of imide groups is 1. The van der Waals surface area contributed by atoms with Crippen LogP contribution in [0.1, 0.15) is 41.8 Å². The van der Waals surface area contributed by atoms with Crippen LogP contribution in [0.4, 0.5) is 4.79 Å². The Labute approximate surface area is 146 Å². The molecule has 0 fully saturated rings. The zero-order chi connectivity index (χ0) is 17.5. The molecule has 1 aromatic carbocycles. The number of hydrogen-bond donors (Lipinski definition) is 2. The highest BCUT2D eigenvalue weighted by molar-refractivity contribution is 7.10. The van der Waals surface area contributed by atoms with Crippen LogP contribution in [0.3, 0.4) is 0 Å². The van der Waals surface area contributed by atoms with E-state index in [1.165, 1.54) is 12.7 Å². The number of methoxy groups -OCH3 is 1. The number of nitrogens with two attached hydrogens (primary N) is 1. The number of ether oxygens (including phenoxy) is 1. The topological polar surface area (TPSA) is 72.0 Å². The van der Waals surface area contributed by atoms with Crippen LogP contribution in [-0.2, 0) is 9.53 Å². The highest BCUT2D eigenvalue weighted by Gasteiger charge is 2.21. The molecule has 0 bridgehead atoms. The van der Waals surface area contributed by atoms with Crippen molar-refractivity contribution in [3.63, 3.8) is 0 Å². The first kappa shape index (κ1) is 18.2. The maximum Gasteiger partial charge on any atom is 0.413 e. The first-order valence-corrected chi connectivity index (χ1v) is 8.73. The molecule has 0 spiro atoms. The van der Waals surface area contributed by atoms with Gasteiger partial charge in [-0.2, -0.15) is 0 Å². The summed E-state index contributed by atoms with van der Waals surface area (Å²) >= 11 is 1.65. The summed E-state index contributed by atoms with van der Waals surface area (Å²) in [7, 11) is 1.23. The van der Waals surface area contributed by atoms with Gasteiger partial charge in [0.15, 0.2) is 6.54 Å². The molecule has 2 rings (SSSR count). The quantitative estimate of drug-likeness (QED) is 0.843. The number of benzene rings is 1. The fourth-order valence-electron chi connectivity index (χ4n) is 2.41. The number of amides is 2. The largest absolute Gasteiger partial charge is 0.453 e. The van der Waals surface area contributed by atoms with E-state index < -0.39 is 6.09 Å². The lowest BCUT2D eigenvalue weighted by Gasteiger charge is -2.15. The van der Waals surface area contributed by atoms with Gasteiger partial charge in [-0.25, -0.2) is 4.79 Å². The predicted octanol–water partition coefficient (Wildman–Crippen LogP) is 2.41. The van der Waals surface area contributed by atoms with Gasteiger partial charge in [-0.3, -0.25) is 10.1 Å². The SMILES string of the molecule is COC(=O)NC(=O)C[NH2+][C@@H](c1ccc(C(C)C)cc1)c1cccs1. The van der Waals surface area contributed by atoms with Gasteiger partial charge in [-0.1, -0.05) is 44.2 Å². The van der Waals surface area contributed by atoms with Crippen molar-refractivity contribution in [3.05, 3.63) is 57.8 Å². The molecule has 0 aliphatic rings. The summed E-state index contributed by atoms with van der Waals surface area (Å²) in [5.74, 6) is 0.108. The van der Waals surface area contributed by atoms with Crippen LogP contribution in [-0.4, -0.2) is 25.7 Å². The minimum atomic E-state index is -0.734. The zero-order valence-electron chi connectivity index (χ0n) is 14.1. The van der Waals surface area contributed by atoms with E-state index in [-0.39, 0.29) is 18.5 Å². The number of quaternary nitrogens is 1. The second-order valence-electron chi connectivity index (χ2n) is 5.79. The standard InChI is InChI=1S/C18H22N2O3S/c1-12(2)13-6-8-14(9-7-13)17(15-5-4-10-24-15)19-11-16(21)20-18(22)23-3/h4-10,12,17,19H,11H2,1-3H3,(H,20,21,22)/p+1/t17-/m0/s1. The molecule has 0 unspecified atom stereocenters. The number of carbonyl (C=O) groups is 2. The fraction of sp³-hybridized carbons (Fsp3) is 0.333. The van der Waals surface area contributed by atoms with E-state index in [0.29, 0.717) is 5.92 Å². The summed E-state index contributed by atoms with van der Waals surface area (Å²) < 4.78 is 4.44. The zero-order valence-corrected chi connectivity index (χ0v) is 14.9.